The average molecular weight is 409 g/mol. The van der Waals surface area contributed by atoms with Gasteiger partial charge in [0, 0.05) is 19.2 Å². The van der Waals surface area contributed by atoms with Crippen molar-refractivity contribution in [3.8, 4) is 5.75 Å². The fraction of sp³-hybridized carbons (Fsp3) is 0.391. The van der Waals surface area contributed by atoms with E-state index < -0.39 is 0 Å². The summed E-state index contributed by atoms with van der Waals surface area (Å²) in [5.41, 5.74) is 2.32. The van der Waals surface area contributed by atoms with Crippen molar-refractivity contribution in [2.45, 2.75) is 19.0 Å². The van der Waals surface area contributed by atoms with Gasteiger partial charge in [0.05, 0.1) is 38.5 Å². The monoisotopic (exact) mass is 409 g/mol. The standard InChI is InChI=1S/C23H27N3O4/c1-3-30-23(27)21-20(17-8-5-4-6-9-17)22(25-12-14-29-15-13-25)26(24-21)18-10-7-11-19(16-18)28-2/h4-11,16,20,22H,3,12-15H2,1-2H3. The first kappa shape index (κ1) is 20.4. The van der Waals surface area contributed by atoms with Crippen LogP contribution in [0.15, 0.2) is 59.7 Å². The Labute approximate surface area is 176 Å². The molecule has 4 rings (SSSR count). The number of rotatable bonds is 6. The van der Waals surface area contributed by atoms with Crippen LogP contribution in [0, 0.1) is 0 Å². The third kappa shape index (κ3) is 4.04. The molecule has 0 N–H and O–H groups in total. The summed E-state index contributed by atoms with van der Waals surface area (Å²) in [5, 5.41) is 6.73. The van der Waals surface area contributed by atoms with Crippen molar-refractivity contribution in [3.05, 3.63) is 60.2 Å². The molecule has 2 atom stereocenters. The zero-order valence-electron chi connectivity index (χ0n) is 17.4. The van der Waals surface area contributed by atoms with Crippen LogP contribution in [0.3, 0.4) is 0 Å². The van der Waals surface area contributed by atoms with Gasteiger partial charge in [0.2, 0.25) is 0 Å². The Morgan fingerprint density at radius 2 is 1.90 bits per heavy atom. The summed E-state index contributed by atoms with van der Waals surface area (Å²) in [6.07, 6.45) is -0.164. The molecule has 2 aromatic rings. The van der Waals surface area contributed by atoms with Crippen LogP contribution in [0.2, 0.25) is 0 Å². The number of anilines is 1. The van der Waals surface area contributed by atoms with Crippen LogP contribution in [-0.4, -0.2) is 62.8 Å². The Morgan fingerprint density at radius 1 is 1.13 bits per heavy atom. The van der Waals surface area contributed by atoms with Gasteiger partial charge in [-0.25, -0.2) is 9.80 Å². The molecule has 2 unspecified atom stereocenters. The van der Waals surface area contributed by atoms with Crippen molar-refractivity contribution >= 4 is 17.4 Å². The molecule has 1 fully saturated rings. The number of esters is 1. The SMILES string of the molecule is CCOC(=O)C1=NN(c2cccc(OC)c2)C(N2CCOCC2)C1c1ccccc1. The van der Waals surface area contributed by atoms with Gasteiger partial charge in [0.15, 0.2) is 5.71 Å². The molecule has 7 heteroatoms. The maximum Gasteiger partial charge on any atom is 0.355 e. The minimum absolute atomic E-state index is 0.164. The molecule has 2 aliphatic rings. The predicted molar refractivity (Wildman–Crippen MR) is 115 cm³/mol. The zero-order valence-corrected chi connectivity index (χ0v) is 17.4. The van der Waals surface area contributed by atoms with Gasteiger partial charge >= 0.3 is 5.97 Å². The van der Waals surface area contributed by atoms with E-state index in [1.807, 2.05) is 66.5 Å². The number of hydrogen-bond donors (Lipinski definition) is 0. The van der Waals surface area contributed by atoms with Gasteiger partial charge < -0.3 is 14.2 Å². The average Bonchev–Trinajstić information content (AvgIpc) is 3.21. The molecule has 2 aromatic carbocycles. The summed E-state index contributed by atoms with van der Waals surface area (Å²) in [6.45, 7) is 4.95. The molecule has 2 heterocycles. The Balaban J connectivity index is 1.81. The second kappa shape index (κ2) is 9.28. The summed E-state index contributed by atoms with van der Waals surface area (Å²) in [7, 11) is 1.64. The fourth-order valence-electron chi connectivity index (χ4n) is 4.05. The van der Waals surface area contributed by atoms with Crippen LogP contribution in [0.1, 0.15) is 18.4 Å². The van der Waals surface area contributed by atoms with Crippen molar-refractivity contribution in [2.24, 2.45) is 5.10 Å². The number of carbonyl (C=O) groups excluding carboxylic acids is 1. The predicted octanol–water partition coefficient (Wildman–Crippen LogP) is 2.88. The third-order valence-electron chi connectivity index (χ3n) is 5.44. The van der Waals surface area contributed by atoms with Crippen molar-refractivity contribution in [1.29, 1.82) is 0 Å². The Kier molecular flexibility index (Phi) is 6.30. The van der Waals surface area contributed by atoms with Crippen LogP contribution >= 0.6 is 0 Å². The van der Waals surface area contributed by atoms with Gasteiger partial charge in [-0.15, -0.1) is 0 Å². The quantitative estimate of drug-likeness (QED) is 0.684. The number of benzene rings is 2. The second-order valence-electron chi connectivity index (χ2n) is 7.20. The van der Waals surface area contributed by atoms with E-state index in [0.29, 0.717) is 25.5 Å². The zero-order chi connectivity index (χ0) is 20.9. The minimum Gasteiger partial charge on any atom is -0.497 e. The molecule has 0 bridgehead atoms. The van der Waals surface area contributed by atoms with Gasteiger partial charge in [-0.1, -0.05) is 36.4 Å². The van der Waals surface area contributed by atoms with E-state index in [0.717, 1.165) is 30.1 Å². The first-order chi connectivity index (χ1) is 14.7. The molecular weight excluding hydrogens is 382 g/mol. The highest BCUT2D eigenvalue weighted by Gasteiger charge is 2.46. The summed E-state index contributed by atoms with van der Waals surface area (Å²) in [4.78, 5) is 15.2. The lowest BCUT2D eigenvalue weighted by molar-refractivity contribution is -0.135. The molecule has 7 nitrogen and oxygen atoms in total. The molecule has 0 amide bonds. The summed E-state index contributed by atoms with van der Waals surface area (Å²) < 4.78 is 16.4. The van der Waals surface area contributed by atoms with E-state index >= 15 is 0 Å². The summed E-state index contributed by atoms with van der Waals surface area (Å²) in [6, 6.07) is 17.8. The van der Waals surface area contributed by atoms with Crippen molar-refractivity contribution in [3.63, 3.8) is 0 Å². The molecule has 0 saturated carbocycles. The van der Waals surface area contributed by atoms with Gasteiger partial charge in [0.25, 0.3) is 0 Å². The number of morpholine rings is 1. The highest BCUT2D eigenvalue weighted by Crippen LogP contribution is 2.38. The minimum atomic E-state index is -0.380. The Bertz CT molecular complexity index is 896. The van der Waals surface area contributed by atoms with Gasteiger partial charge in [0.1, 0.15) is 11.9 Å². The van der Waals surface area contributed by atoms with E-state index in [1.165, 1.54) is 0 Å². The van der Waals surface area contributed by atoms with Crippen LogP contribution in [0.25, 0.3) is 0 Å². The maximum atomic E-state index is 12.9. The molecule has 0 radical (unpaired) electrons. The number of ether oxygens (including phenoxy) is 3. The number of hydrogen-bond acceptors (Lipinski definition) is 7. The number of methoxy groups -OCH3 is 1. The Morgan fingerprint density at radius 3 is 2.60 bits per heavy atom. The van der Waals surface area contributed by atoms with E-state index in [1.54, 1.807) is 7.11 Å². The number of carbonyl (C=O) groups is 1. The molecule has 0 aromatic heterocycles. The first-order valence-corrected chi connectivity index (χ1v) is 10.3. The second-order valence-corrected chi connectivity index (χ2v) is 7.20. The van der Waals surface area contributed by atoms with Crippen LogP contribution < -0.4 is 9.75 Å². The highest BCUT2D eigenvalue weighted by molar-refractivity contribution is 6.39. The van der Waals surface area contributed by atoms with E-state index in [-0.39, 0.29) is 18.1 Å². The van der Waals surface area contributed by atoms with Crippen molar-refractivity contribution in [1.82, 2.24) is 4.90 Å². The molecule has 0 aliphatic carbocycles. The highest BCUT2D eigenvalue weighted by atomic mass is 16.5. The molecule has 1 saturated heterocycles. The lowest BCUT2D eigenvalue weighted by Crippen LogP contribution is -2.52. The number of hydrazone groups is 1. The molecule has 0 spiro atoms. The van der Waals surface area contributed by atoms with Crippen LogP contribution in [0.4, 0.5) is 5.69 Å². The topological polar surface area (TPSA) is 63.6 Å². The van der Waals surface area contributed by atoms with Crippen molar-refractivity contribution < 1.29 is 19.0 Å². The summed E-state index contributed by atoms with van der Waals surface area (Å²) in [5.74, 6) is 0.119. The van der Waals surface area contributed by atoms with E-state index in [2.05, 4.69) is 4.90 Å². The van der Waals surface area contributed by atoms with E-state index in [4.69, 9.17) is 19.3 Å². The third-order valence-corrected chi connectivity index (χ3v) is 5.44. The first-order valence-electron chi connectivity index (χ1n) is 10.3. The molecular formula is C23H27N3O4. The summed E-state index contributed by atoms with van der Waals surface area (Å²) >= 11 is 0. The largest absolute Gasteiger partial charge is 0.497 e. The van der Waals surface area contributed by atoms with Crippen LogP contribution in [-0.2, 0) is 14.3 Å². The van der Waals surface area contributed by atoms with Crippen LogP contribution in [0.5, 0.6) is 5.75 Å². The lowest BCUT2D eigenvalue weighted by atomic mass is 9.90. The lowest BCUT2D eigenvalue weighted by Gasteiger charge is -2.39. The van der Waals surface area contributed by atoms with Crippen molar-refractivity contribution in [2.75, 3.05) is 45.0 Å². The molecule has 158 valence electrons. The smallest absolute Gasteiger partial charge is 0.355 e. The maximum absolute atomic E-state index is 12.9. The number of nitrogens with zero attached hydrogens (tertiary/aromatic N) is 3. The molecule has 2 aliphatic heterocycles. The van der Waals surface area contributed by atoms with Gasteiger partial charge in [-0.3, -0.25) is 4.90 Å². The fourth-order valence-corrected chi connectivity index (χ4v) is 4.05. The Hall–Kier alpha value is -2.90. The van der Waals surface area contributed by atoms with Gasteiger partial charge in [-0.2, -0.15) is 5.10 Å². The molecule has 30 heavy (non-hydrogen) atoms. The van der Waals surface area contributed by atoms with Gasteiger partial charge in [-0.05, 0) is 24.6 Å². The normalized spacial score (nSPS) is 21.9. The van der Waals surface area contributed by atoms with E-state index in [9.17, 15) is 4.79 Å².